The summed E-state index contributed by atoms with van der Waals surface area (Å²) >= 11 is 0. The van der Waals surface area contributed by atoms with Crippen molar-refractivity contribution in [2.45, 2.75) is 18.9 Å². The molecule has 2 rings (SSSR count). The topological polar surface area (TPSA) is 49.8 Å². The molecule has 5 heteroatoms. The zero-order valence-electron chi connectivity index (χ0n) is 10.2. The van der Waals surface area contributed by atoms with E-state index in [9.17, 15) is 14.3 Å². The predicted molar refractivity (Wildman–Crippen MR) is 64.1 cm³/mol. The number of hydrogen-bond donors (Lipinski definition) is 1. The van der Waals surface area contributed by atoms with E-state index < -0.39 is 11.9 Å². The highest BCUT2D eigenvalue weighted by atomic mass is 19.1. The largest absolute Gasteiger partial charge is 0.494 e. The summed E-state index contributed by atoms with van der Waals surface area (Å²) in [7, 11) is 1.38. The molecular weight excluding hydrogens is 237 g/mol. The van der Waals surface area contributed by atoms with Crippen LogP contribution in [0.4, 0.5) is 4.39 Å². The van der Waals surface area contributed by atoms with Crippen LogP contribution in [0.25, 0.3) is 0 Å². The van der Waals surface area contributed by atoms with E-state index in [0.717, 1.165) is 6.42 Å². The lowest BCUT2D eigenvalue weighted by Gasteiger charge is -2.30. The van der Waals surface area contributed by atoms with Crippen molar-refractivity contribution >= 4 is 5.91 Å². The Morgan fingerprint density at radius 3 is 2.94 bits per heavy atom. The van der Waals surface area contributed by atoms with Crippen LogP contribution >= 0.6 is 0 Å². The fourth-order valence-electron chi connectivity index (χ4n) is 2.12. The van der Waals surface area contributed by atoms with Crippen LogP contribution in [0.15, 0.2) is 18.2 Å². The van der Waals surface area contributed by atoms with E-state index >= 15 is 0 Å². The summed E-state index contributed by atoms with van der Waals surface area (Å²) in [4.78, 5) is 13.7. The van der Waals surface area contributed by atoms with E-state index in [0.29, 0.717) is 19.5 Å². The van der Waals surface area contributed by atoms with Gasteiger partial charge in [0.25, 0.3) is 5.91 Å². The molecular formula is C13H16FNO3. The number of aliphatic hydroxyl groups is 1. The number of halogens is 1. The Morgan fingerprint density at radius 2 is 2.33 bits per heavy atom. The quantitative estimate of drug-likeness (QED) is 0.867. The SMILES string of the molecule is COc1ccc(C(=O)N2CCCC(O)C2)cc1F. The predicted octanol–water partition coefficient (Wildman–Crippen LogP) is 1.43. The number of hydrogen-bond acceptors (Lipinski definition) is 3. The normalized spacial score (nSPS) is 19.7. The molecule has 0 bridgehead atoms. The summed E-state index contributed by atoms with van der Waals surface area (Å²) in [6.45, 7) is 0.913. The zero-order valence-corrected chi connectivity index (χ0v) is 10.2. The van der Waals surface area contributed by atoms with Gasteiger partial charge in [0.05, 0.1) is 13.2 Å². The van der Waals surface area contributed by atoms with E-state index in [1.54, 1.807) is 4.90 Å². The van der Waals surface area contributed by atoms with Crippen LogP contribution in [0, 0.1) is 5.82 Å². The lowest BCUT2D eigenvalue weighted by Crippen LogP contribution is -2.42. The lowest BCUT2D eigenvalue weighted by atomic mass is 10.1. The summed E-state index contributed by atoms with van der Waals surface area (Å²) in [6, 6.07) is 4.14. The van der Waals surface area contributed by atoms with E-state index in [1.807, 2.05) is 0 Å². The fraction of sp³-hybridized carbons (Fsp3) is 0.462. The number of nitrogens with zero attached hydrogens (tertiary/aromatic N) is 1. The number of likely N-dealkylation sites (tertiary alicyclic amines) is 1. The minimum absolute atomic E-state index is 0.116. The maximum Gasteiger partial charge on any atom is 0.254 e. The summed E-state index contributed by atoms with van der Waals surface area (Å²) < 4.78 is 18.3. The Bertz CT molecular complexity index is 450. The number of carbonyl (C=O) groups is 1. The molecule has 1 aliphatic heterocycles. The number of piperidine rings is 1. The molecule has 1 aromatic rings. The molecule has 98 valence electrons. The second kappa shape index (κ2) is 5.35. The van der Waals surface area contributed by atoms with Gasteiger partial charge in [0, 0.05) is 18.7 Å². The number of benzene rings is 1. The average Bonchev–Trinajstić information content (AvgIpc) is 2.37. The Morgan fingerprint density at radius 1 is 1.56 bits per heavy atom. The third-order valence-electron chi connectivity index (χ3n) is 3.08. The van der Waals surface area contributed by atoms with Gasteiger partial charge < -0.3 is 14.7 Å². The van der Waals surface area contributed by atoms with Crippen LogP contribution in [0.2, 0.25) is 0 Å². The van der Waals surface area contributed by atoms with E-state index in [4.69, 9.17) is 4.74 Å². The summed E-state index contributed by atoms with van der Waals surface area (Å²) in [5.74, 6) is -0.693. The number of amides is 1. The van der Waals surface area contributed by atoms with Gasteiger partial charge in [-0.05, 0) is 31.0 Å². The van der Waals surface area contributed by atoms with E-state index in [-0.39, 0.29) is 17.2 Å². The number of methoxy groups -OCH3 is 1. The van der Waals surface area contributed by atoms with Crippen molar-refractivity contribution in [1.82, 2.24) is 4.90 Å². The van der Waals surface area contributed by atoms with Gasteiger partial charge >= 0.3 is 0 Å². The van der Waals surface area contributed by atoms with Crippen LogP contribution in [0.5, 0.6) is 5.75 Å². The van der Waals surface area contributed by atoms with Crippen molar-refractivity contribution in [2.24, 2.45) is 0 Å². The van der Waals surface area contributed by atoms with Crippen molar-refractivity contribution in [3.8, 4) is 5.75 Å². The molecule has 1 aromatic carbocycles. The highest BCUT2D eigenvalue weighted by molar-refractivity contribution is 5.94. The standard InChI is InChI=1S/C13H16FNO3/c1-18-12-5-4-9(7-11(12)14)13(17)15-6-2-3-10(16)8-15/h4-5,7,10,16H,2-3,6,8H2,1H3. The Hall–Kier alpha value is -1.62. The third-order valence-corrected chi connectivity index (χ3v) is 3.08. The molecule has 1 amide bonds. The van der Waals surface area contributed by atoms with Crippen molar-refractivity contribution in [3.63, 3.8) is 0 Å². The molecule has 1 atom stereocenters. The average molecular weight is 253 g/mol. The van der Waals surface area contributed by atoms with E-state index in [1.165, 1.54) is 25.3 Å². The Labute approximate surface area is 105 Å². The number of carbonyl (C=O) groups excluding carboxylic acids is 1. The summed E-state index contributed by atoms with van der Waals surface area (Å²) in [5.41, 5.74) is 0.280. The molecule has 0 aliphatic carbocycles. The smallest absolute Gasteiger partial charge is 0.254 e. The second-order valence-electron chi connectivity index (χ2n) is 4.40. The molecule has 0 radical (unpaired) electrons. The van der Waals surface area contributed by atoms with Gasteiger partial charge in [-0.15, -0.1) is 0 Å². The van der Waals surface area contributed by atoms with Crippen LogP contribution in [-0.4, -0.2) is 42.2 Å². The van der Waals surface area contributed by atoms with Crippen molar-refractivity contribution in [1.29, 1.82) is 0 Å². The van der Waals surface area contributed by atoms with Gasteiger partial charge in [-0.1, -0.05) is 0 Å². The molecule has 1 aliphatic rings. The van der Waals surface area contributed by atoms with Gasteiger partial charge in [0.1, 0.15) is 0 Å². The first-order chi connectivity index (χ1) is 8.61. The first-order valence-corrected chi connectivity index (χ1v) is 5.92. The highest BCUT2D eigenvalue weighted by Gasteiger charge is 2.23. The molecule has 0 spiro atoms. The van der Waals surface area contributed by atoms with Crippen LogP contribution in [0.1, 0.15) is 23.2 Å². The Balaban J connectivity index is 2.15. The van der Waals surface area contributed by atoms with Crippen LogP contribution < -0.4 is 4.74 Å². The van der Waals surface area contributed by atoms with Gasteiger partial charge in [-0.25, -0.2) is 4.39 Å². The molecule has 18 heavy (non-hydrogen) atoms. The first-order valence-electron chi connectivity index (χ1n) is 5.92. The van der Waals surface area contributed by atoms with E-state index in [2.05, 4.69) is 0 Å². The number of aliphatic hydroxyl groups excluding tert-OH is 1. The van der Waals surface area contributed by atoms with Crippen LogP contribution in [-0.2, 0) is 0 Å². The molecule has 4 nitrogen and oxygen atoms in total. The summed E-state index contributed by atoms with van der Waals surface area (Å²) in [6.07, 6.45) is 0.998. The molecule has 0 saturated carbocycles. The van der Waals surface area contributed by atoms with Crippen molar-refractivity contribution in [3.05, 3.63) is 29.6 Å². The molecule has 1 N–H and O–H groups in total. The molecule has 1 unspecified atom stereocenters. The Kier molecular flexibility index (Phi) is 3.81. The van der Waals surface area contributed by atoms with Gasteiger partial charge in [0.15, 0.2) is 11.6 Å². The van der Waals surface area contributed by atoms with Gasteiger partial charge in [-0.3, -0.25) is 4.79 Å². The molecule has 0 aromatic heterocycles. The molecule has 1 saturated heterocycles. The number of ether oxygens (including phenoxy) is 1. The van der Waals surface area contributed by atoms with Gasteiger partial charge in [-0.2, -0.15) is 0 Å². The third kappa shape index (κ3) is 2.61. The summed E-state index contributed by atoms with van der Waals surface area (Å²) in [5, 5.41) is 9.52. The maximum absolute atomic E-state index is 13.5. The minimum Gasteiger partial charge on any atom is -0.494 e. The highest BCUT2D eigenvalue weighted by Crippen LogP contribution is 2.20. The number of β-amino-alcohol motifs (C(OH)–C–C–N with tert-alkyl or cyclic N) is 1. The lowest BCUT2D eigenvalue weighted by molar-refractivity contribution is 0.0473. The minimum atomic E-state index is -0.555. The molecule has 1 heterocycles. The second-order valence-corrected chi connectivity index (χ2v) is 4.40. The zero-order chi connectivity index (χ0) is 13.1. The van der Waals surface area contributed by atoms with Crippen molar-refractivity contribution in [2.75, 3.05) is 20.2 Å². The molecule has 1 fully saturated rings. The fourth-order valence-corrected chi connectivity index (χ4v) is 2.12. The first kappa shape index (κ1) is 12.8. The van der Waals surface area contributed by atoms with Gasteiger partial charge in [0.2, 0.25) is 0 Å². The number of rotatable bonds is 2. The monoisotopic (exact) mass is 253 g/mol. The maximum atomic E-state index is 13.5. The van der Waals surface area contributed by atoms with Crippen molar-refractivity contribution < 1.29 is 19.0 Å². The van der Waals surface area contributed by atoms with Crippen LogP contribution in [0.3, 0.4) is 0 Å².